The summed E-state index contributed by atoms with van der Waals surface area (Å²) in [6.45, 7) is 10.9. The highest BCUT2D eigenvalue weighted by atomic mass is 16.5. The molecule has 3 rings (SSSR count). The lowest BCUT2D eigenvalue weighted by atomic mass is 9.87. The molecule has 138 valence electrons. The van der Waals surface area contributed by atoms with Crippen molar-refractivity contribution in [3.8, 4) is 0 Å². The van der Waals surface area contributed by atoms with Gasteiger partial charge < -0.3 is 19.7 Å². The largest absolute Gasteiger partial charge is 0.383 e. The molecule has 1 N–H and O–H groups in total. The lowest BCUT2D eigenvalue weighted by Gasteiger charge is -2.25. The monoisotopic (exact) mass is 338 g/mol. The van der Waals surface area contributed by atoms with E-state index in [1.807, 2.05) is 0 Å². The van der Waals surface area contributed by atoms with E-state index in [1.165, 1.54) is 25.7 Å². The fraction of sp³-hybridized carbons (Fsp3) is 0.944. The van der Waals surface area contributed by atoms with Crippen molar-refractivity contribution in [3.05, 3.63) is 0 Å². The van der Waals surface area contributed by atoms with Crippen molar-refractivity contribution in [3.63, 3.8) is 0 Å². The van der Waals surface area contributed by atoms with E-state index in [2.05, 4.69) is 22.0 Å². The summed E-state index contributed by atoms with van der Waals surface area (Å²) in [6, 6.07) is 0.767. The molecule has 24 heavy (non-hydrogen) atoms. The highest BCUT2D eigenvalue weighted by Crippen LogP contribution is 2.38. The minimum Gasteiger partial charge on any atom is -0.383 e. The Kier molecular flexibility index (Phi) is 6.36. The first-order valence-electron chi connectivity index (χ1n) is 9.60. The van der Waals surface area contributed by atoms with Crippen LogP contribution in [0.5, 0.6) is 0 Å². The number of methoxy groups -OCH3 is 1. The van der Waals surface area contributed by atoms with Gasteiger partial charge in [0.05, 0.1) is 19.8 Å². The third-order valence-corrected chi connectivity index (χ3v) is 5.55. The van der Waals surface area contributed by atoms with Crippen molar-refractivity contribution < 1.29 is 9.47 Å². The van der Waals surface area contributed by atoms with E-state index in [-0.39, 0.29) is 0 Å². The summed E-state index contributed by atoms with van der Waals surface area (Å²) in [5, 5.41) is 3.48. The quantitative estimate of drug-likeness (QED) is 0.532. The summed E-state index contributed by atoms with van der Waals surface area (Å²) in [5.41, 5.74) is 0.384. The van der Waals surface area contributed by atoms with Crippen LogP contribution in [0, 0.1) is 5.41 Å². The summed E-state index contributed by atoms with van der Waals surface area (Å²) in [6.07, 6.45) is 5.11. The van der Waals surface area contributed by atoms with E-state index in [4.69, 9.17) is 14.5 Å². The number of hydrogen-bond acceptors (Lipinski definition) is 4. The van der Waals surface area contributed by atoms with Gasteiger partial charge in [0.1, 0.15) is 0 Å². The third kappa shape index (κ3) is 4.61. The molecule has 1 aliphatic carbocycles. The van der Waals surface area contributed by atoms with Crippen LogP contribution in [0.25, 0.3) is 0 Å². The molecule has 0 aromatic rings. The van der Waals surface area contributed by atoms with Crippen molar-refractivity contribution >= 4 is 5.96 Å². The minimum absolute atomic E-state index is 0.384. The Labute approximate surface area is 146 Å². The van der Waals surface area contributed by atoms with Crippen LogP contribution in [-0.4, -0.2) is 88.0 Å². The van der Waals surface area contributed by atoms with Gasteiger partial charge >= 0.3 is 0 Å². The Morgan fingerprint density at radius 1 is 1.38 bits per heavy atom. The molecule has 0 amide bonds. The maximum absolute atomic E-state index is 5.65. The molecule has 0 bridgehead atoms. The van der Waals surface area contributed by atoms with Crippen molar-refractivity contribution in [2.24, 2.45) is 10.4 Å². The normalized spacial score (nSPS) is 27.6. The molecule has 0 radical (unpaired) electrons. The van der Waals surface area contributed by atoms with Gasteiger partial charge in [-0.05, 0) is 32.6 Å². The summed E-state index contributed by atoms with van der Waals surface area (Å²) >= 11 is 0. The highest BCUT2D eigenvalue weighted by Gasteiger charge is 2.42. The summed E-state index contributed by atoms with van der Waals surface area (Å²) < 4.78 is 10.9. The Morgan fingerprint density at radius 2 is 2.25 bits per heavy atom. The van der Waals surface area contributed by atoms with Gasteiger partial charge in [-0.2, -0.15) is 0 Å². The maximum atomic E-state index is 5.65. The van der Waals surface area contributed by atoms with Gasteiger partial charge in [-0.15, -0.1) is 0 Å². The summed E-state index contributed by atoms with van der Waals surface area (Å²) in [7, 11) is 1.78. The second kappa shape index (κ2) is 8.50. The average Bonchev–Trinajstić information content (AvgIpc) is 3.20. The van der Waals surface area contributed by atoms with Crippen LogP contribution in [0.1, 0.15) is 32.6 Å². The fourth-order valence-electron chi connectivity index (χ4n) is 3.92. The first-order valence-corrected chi connectivity index (χ1v) is 9.60. The lowest BCUT2D eigenvalue weighted by molar-refractivity contribution is 0.145. The molecule has 2 saturated heterocycles. The first-order chi connectivity index (χ1) is 11.8. The van der Waals surface area contributed by atoms with E-state index in [1.54, 1.807) is 7.11 Å². The number of hydrogen-bond donors (Lipinski definition) is 1. The number of guanidine groups is 1. The number of rotatable bonds is 8. The molecule has 3 aliphatic rings. The molecule has 0 aromatic heterocycles. The molecule has 2 aliphatic heterocycles. The van der Waals surface area contributed by atoms with Crippen LogP contribution in [-0.2, 0) is 9.47 Å². The molecule has 1 atom stereocenters. The summed E-state index contributed by atoms with van der Waals surface area (Å²) in [4.78, 5) is 9.89. The Balaban J connectivity index is 1.51. The van der Waals surface area contributed by atoms with E-state index in [0.717, 1.165) is 71.1 Å². The van der Waals surface area contributed by atoms with Crippen LogP contribution >= 0.6 is 0 Å². The zero-order valence-electron chi connectivity index (χ0n) is 15.4. The molecule has 0 aromatic carbocycles. The van der Waals surface area contributed by atoms with E-state index >= 15 is 0 Å². The standard InChI is InChI=1S/C18H34N4O2/c1-3-19-17(22-9-6-18(14-22)7-12-24-15-18)20-8-10-21(11-13-23-2)16-4-5-16/h16H,3-15H2,1-2H3,(H,19,20). The van der Waals surface area contributed by atoms with E-state index < -0.39 is 0 Å². The first kappa shape index (κ1) is 18.0. The zero-order valence-corrected chi connectivity index (χ0v) is 15.4. The molecular weight excluding hydrogens is 304 g/mol. The summed E-state index contributed by atoms with van der Waals surface area (Å²) in [5.74, 6) is 1.09. The van der Waals surface area contributed by atoms with E-state index in [0.29, 0.717) is 5.41 Å². The second-order valence-corrected chi connectivity index (χ2v) is 7.47. The SMILES string of the molecule is CCNC(=NCCN(CCOC)C1CC1)N1CCC2(CCOC2)C1. The van der Waals surface area contributed by atoms with Crippen molar-refractivity contribution in [2.75, 3.05) is 66.2 Å². The van der Waals surface area contributed by atoms with Crippen LogP contribution in [0.15, 0.2) is 4.99 Å². The molecule has 6 heteroatoms. The van der Waals surface area contributed by atoms with Crippen molar-refractivity contribution in [2.45, 2.75) is 38.6 Å². The van der Waals surface area contributed by atoms with Crippen molar-refractivity contribution in [1.29, 1.82) is 0 Å². The molecule has 1 unspecified atom stereocenters. The lowest BCUT2D eigenvalue weighted by Crippen LogP contribution is -2.42. The Morgan fingerprint density at radius 3 is 2.92 bits per heavy atom. The van der Waals surface area contributed by atoms with Gasteiger partial charge in [0.15, 0.2) is 5.96 Å². The van der Waals surface area contributed by atoms with Crippen LogP contribution < -0.4 is 5.32 Å². The Hall–Kier alpha value is -0.850. The molecule has 1 spiro atoms. The van der Waals surface area contributed by atoms with E-state index in [9.17, 15) is 0 Å². The van der Waals surface area contributed by atoms with Gasteiger partial charge in [-0.25, -0.2) is 0 Å². The van der Waals surface area contributed by atoms with Gasteiger partial charge in [-0.1, -0.05) is 0 Å². The zero-order chi connectivity index (χ0) is 16.8. The minimum atomic E-state index is 0.384. The topological polar surface area (TPSA) is 49.3 Å². The number of nitrogens with one attached hydrogen (secondary N) is 1. The van der Waals surface area contributed by atoms with Gasteiger partial charge in [-0.3, -0.25) is 9.89 Å². The van der Waals surface area contributed by atoms with Crippen LogP contribution in [0.3, 0.4) is 0 Å². The smallest absolute Gasteiger partial charge is 0.193 e. The van der Waals surface area contributed by atoms with Gasteiger partial charge in [0.25, 0.3) is 0 Å². The third-order valence-electron chi connectivity index (χ3n) is 5.55. The number of ether oxygens (including phenoxy) is 2. The number of nitrogens with zero attached hydrogens (tertiary/aromatic N) is 3. The molecular formula is C18H34N4O2. The van der Waals surface area contributed by atoms with Crippen LogP contribution in [0.2, 0.25) is 0 Å². The second-order valence-electron chi connectivity index (χ2n) is 7.47. The molecule has 3 fully saturated rings. The molecule has 6 nitrogen and oxygen atoms in total. The predicted molar refractivity (Wildman–Crippen MR) is 96.5 cm³/mol. The Bertz CT molecular complexity index is 419. The molecule has 2 heterocycles. The molecule has 1 saturated carbocycles. The fourth-order valence-corrected chi connectivity index (χ4v) is 3.92. The average molecular weight is 338 g/mol. The maximum Gasteiger partial charge on any atom is 0.193 e. The highest BCUT2D eigenvalue weighted by molar-refractivity contribution is 5.80. The predicted octanol–water partition coefficient (Wildman–Crippen LogP) is 1.18. The van der Waals surface area contributed by atoms with Gasteiger partial charge in [0, 0.05) is 57.9 Å². The van der Waals surface area contributed by atoms with Gasteiger partial charge in [0.2, 0.25) is 0 Å². The van der Waals surface area contributed by atoms with Crippen LogP contribution in [0.4, 0.5) is 0 Å². The number of aliphatic imine (C=N–C) groups is 1. The number of likely N-dealkylation sites (tertiary alicyclic amines) is 1. The van der Waals surface area contributed by atoms with Crippen molar-refractivity contribution in [1.82, 2.24) is 15.1 Å².